The number of aromatic nitrogens is 2. The van der Waals surface area contributed by atoms with Crippen LogP contribution in [0.3, 0.4) is 0 Å². The minimum Gasteiger partial charge on any atom is -0.464 e. The number of piperazine rings is 1. The minimum absolute atomic E-state index is 0.0319. The summed E-state index contributed by atoms with van der Waals surface area (Å²) in [6.45, 7) is 8.38. The van der Waals surface area contributed by atoms with Gasteiger partial charge in [0.05, 0.1) is 7.11 Å². The van der Waals surface area contributed by atoms with Gasteiger partial charge in [-0.3, -0.25) is 9.80 Å². The molecule has 2 aromatic rings. The van der Waals surface area contributed by atoms with Crippen molar-refractivity contribution >= 4 is 40.8 Å². The zero-order chi connectivity index (χ0) is 26.5. The molecule has 4 N–H and O–H groups in total. The van der Waals surface area contributed by atoms with Crippen molar-refractivity contribution in [3.05, 3.63) is 45.2 Å². The molecule has 3 heterocycles. The number of halogens is 2. The number of esters is 1. The molecule has 4 rings (SSSR count). The molecule has 9 nitrogen and oxygen atoms in total. The molecule has 37 heavy (non-hydrogen) atoms. The van der Waals surface area contributed by atoms with E-state index in [9.17, 15) is 4.79 Å². The van der Waals surface area contributed by atoms with Gasteiger partial charge in [-0.05, 0) is 68.6 Å². The topological polar surface area (TPSA) is 114 Å². The lowest BCUT2D eigenvalue weighted by molar-refractivity contribution is 0.0593. The maximum atomic E-state index is 11.9. The predicted molar refractivity (Wildman–Crippen MR) is 148 cm³/mol. The first-order valence-electron chi connectivity index (χ1n) is 13.0. The monoisotopic (exact) mass is 549 g/mol. The van der Waals surface area contributed by atoms with Crippen LogP contribution in [0.2, 0.25) is 10.2 Å². The number of likely N-dealkylation sites (tertiary alicyclic amines) is 1. The molecule has 0 bridgehead atoms. The molecule has 1 aromatic carbocycles. The molecule has 1 atom stereocenters. The molecular formula is C26H37Cl2N7O2. The lowest BCUT2D eigenvalue weighted by Gasteiger charge is -2.47. The quantitative estimate of drug-likeness (QED) is 0.479. The van der Waals surface area contributed by atoms with Crippen LogP contribution in [0.5, 0.6) is 0 Å². The Morgan fingerprint density at radius 3 is 2.57 bits per heavy atom. The molecule has 2 aliphatic heterocycles. The fraction of sp³-hybridized carbons (Fsp3) is 0.577. The lowest BCUT2D eigenvalue weighted by Crippen LogP contribution is -2.58. The highest BCUT2D eigenvalue weighted by molar-refractivity contribution is 6.32. The second-order valence-corrected chi connectivity index (χ2v) is 10.6. The maximum absolute atomic E-state index is 11.9. The largest absolute Gasteiger partial charge is 0.464 e. The van der Waals surface area contributed by atoms with Gasteiger partial charge >= 0.3 is 5.97 Å². The Bertz CT molecular complexity index is 1090. The number of methoxy groups -OCH3 is 1. The van der Waals surface area contributed by atoms with Crippen molar-refractivity contribution in [2.75, 3.05) is 57.0 Å². The normalized spacial score (nSPS) is 19.8. The summed E-state index contributed by atoms with van der Waals surface area (Å²) >= 11 is 12.6. The molecule has 202 valence electrons. The fourth-order valence-corrected chi connectivity index (χ4v) is 6.00. The zero-order valence-corrected chi connectivity index (χ0v) is 23.1. The molecular weight excluding hydrogens is 513 g/mol. The van der Waals surface area contributed by atoms with Crippen LogP contribution in [0, 0.1) is 0 Å². The summed E-state index contributed by atoms with van der Waals surface area (Å²) in [4.78, 5) is 27.8. The Labute approximate surface area is 229 Å². The minimum atomic E-state index is -0.646. The summed E-state index contributed by atoms with van der Waals surface area (Å²) in [5, 5.41) is 0.937. The second kappa shape index (κ2) is 12.6. The first-order chi connectivity index (χ1) is 17.8. The molecule has 0 radical (unpaired) electrons. The highest BCUT2D eigenvalue weighted by atomic mass is 35.5. The van der Waals surface area contributed by atoms with E-state index in [-0.39, 0.29) is 16.7 Å². The number of carbonyl (C=O) groups is 1. The molecule has 2 fully saturated rings. The van der Waals surface area contributed by atoms with E-state index in [1.165, 1.54) is 18.2 Å². The number of nitrogen functional groups attached to an aromatic ring is 1. The number of ether oxygens (including phenoxy) is 1. The Hall–Kier alpha value is -2.17. The summed E-state index contributed by atoms with van der Waals surface area (Å²) in [5.74, 6) is -0.0897. The first-order valence-corrected chi connectivity index (χ1v) is 13.7. The van der Waals surface area contributed by atoms with E-state index < -0.39 is 5.97 Å². The number of nitrogens with two attached hydrogens (primary N) is 2. The molecule has 0 spiro atoms. The summed E-state index contributed by atoms with van der Waals surface area (Å²) in [6.07, 6.45) is 4.14. The van der Waals surface area contributed by atoms with E-state index >= 15 is 0 Å². The lowest BCUT2D eigenvalue weighted by atomic mass is 9.97. The zero-order valence-electron chi connectivity index (χ0n) is 21.6. The highest BCUT2D eigenvalue weighted by Gasteiger charge is 2.34. The van der Waals surface area contributed by atoms with Crippen molar-refractivity contribution in [3.63, 3.8) is 0 Å². The van der Waals surface area contributed by atoms with Crippen molar-refractivity contribution in [2.24, 2.45) is 5.73 Å². The van der Waals surface area contributed by atoms with Crippen LogP contribution in [0.25, 0.3) is 0 Å². The number of benzene rings is 1. The summed E-state index contributed by atoms with van der Waals surface area (Å²) < 4.78 is 4.72. The van der Waals surface area contributed by atoms with Crippen LogP contribution in [-0.2, 0) is 17.7 Å². The van der Waals surface area contributed by atoms with Gasteiger partial charge in [-0.2, -0.15) is 0 Å². The number of carbonyl (C=O) groups excluding carboxylic acids is 1. The van der Waals surface area contributed by atoms with E-state index in [0.717, 1.165) is 70.0 Å². The Kier molecular flexibility index (Phi) is 9.47. The van der Waals surface area contributed by atoms with Crippen molar-refractivity contribution in [2.45, 2.75) is 51.2 Å². The molecule has 0 aliphatic carbocycles. The molecule has 11 heteroatoms. The third-order valence-electron chi connectivity index (χ3n) is 7.54. The first kappa shape index (κ1) is 27.9. The van der Waals surface area contributed by atoms with Gasteiger partial charge in [-0.15, -0.1) is 0 Å². The van der Waals surface area contributed by atoms with Gasteiger partial charge in [-0.1, -0.05) is 36.2 Å². The van der Waals surface area contributed by atoms with Crippen molar-refractivity contribution in [1.82, 2.24) is 19.8 Å². The van der Waals surface area contributed by atoms with Gasteiger partial charge < -0.3 is 21.1 Å². The third-order valence-corrected chi connectivity index (χ3v) is 8.03. The Balaban J connectivity index is 1.37. The summed E-state index contributed by atoms with van der Waals surface area (Å²) in [6, 6.07) is 7.09. The van der Waals surface area contributed by atoms with Crippen LogP contribution in [0.4, 0.5) is 11.6 Å². The van der Waals surface area contributed by atoms with Gasteiger partial charge in [-0.25, -0.2) is 14.8 Å². The van der Waals surface area contributed by atoms with Crippen LogP contribution in [0.1, 0.15) is 47.8 Å². The number of nitrogens with zero attached hydrogens (tertiary/aromatic N) is 5. The maximum Gasteiger partial charge on any atom is 0.360 e. The predicted octanol–water partition coefficient (Wildman–Crippen LogP) is 3.22. The van der Waals surface area contributed by atoms with Crippen LogP contribution >= 0.6 is 23.2 Å². The molecule has 2 saturated heterocycles. The van der Waals surface area contributed by atoms with Crippen LogP contribution in [-0.4, -0.2) is 84.2 Å². The Morgan fingerprint density at radius 2 is 1.89 bits per heavy atom. The highest BCUT2D eigenvalue weighted by Crippen LogP contribution is 2.30. The Morgan fingerprint density at radius 1 is 1.14 bits per heavy atom. The number of anilines is 2. The van der Waals surface area contributed by atoms with E-state index in [0.29, 0.717) is 24.4 Å². The van der Waals surface area contributed by atoms with E-state index in [1.54, 1.807) is 0 Å². The SMILES string of the molecule is CC[C@H]1CN(c2nc(N)c(C(=O)OC)nc2Cl)CCN1C1CCN(Cc2ccc(Cl)cc2CCN)CC1. The number of hydrogen-bond donors (Lipinski definition) is 2. The number of rotatable bonds is 8. The molecule has 0 amide bonds. The number of hydrogen-bond acceptors (Lipinski definition) is 9. The van der Waals surface area contributed by atoms with E-state index in [1.807, 2.05) is 6.07 Å². The average molecular weight is 551 g/mol. The standard InChI is InChI=1S/C26H37Cl2N7O2/c1-3-20-16-34(25-23(28)31-22(24(30)32-25)26(36)37-2)12-13-35(20)21-7-10-33(11-8-21)15-18-4-5-19(27)14-17(18)6-9-29/h4-5,14,20-21H,3,6-13,15-16,29H2,1-2H3,(H2,30,32)/t20-/m0/s1. The van der Waals surface area contributed by atoms with Gasteiger partial charge in [0.25, 0.3) is 0 Å². The van der Waals surface area contributed by atoms with Gasteiger partial charge in [0.1, 0.15) is 0 Å². The fourth-order valence-electron chi connectivity index (χ4n) is 5.56. The summed E-state index contributed by atoms with van der Waals surface area (Å²) in [5.41, 5.74) is 14.3. The van der Waals surface area contributed by atoms with Crippen molar-refractivity contribution in [1.29, 1.82) is 0 Å². The number of piperidine rings is 1. The van der Waals surface area contributed by atoms with Crippen LogP contribution < -0.4 is 16.4 Å². The van der Waals surface area contributed by atoms with Crippen molar-refractivity contribution < 1.29 is 9.53 Å². The third kappa shape index (κ3) is 6.46. The van der Waals surface area contributed by atoms with Crippen molar-refractivity contribution in [3.8, 4) is 0 Å². The van der Waals surface area contributed by atoms with Gasteiger partial charge in [0, 0.05) is 43.3 Å². The molecule has 0 unspecified atom stereocenters. The van der Waals surface area contributed by atoms with Crippen LogP contribution in [0.15, 0.2) is 18.2 Å². The smallest absolute Gasteiger partial charge is 0.360 e. The second-order valence-electron chi connectivity index (χ2n) is 9.77. The molecule has 2 aliphatic rings. The van der Waals surface area contributed by atoms with Gasteiger partial charge in [0.15, 0.2) is 22.5 Å². The molecule has 0 saturated carbocycles. The van der Waals surface area contributed by atoms with E-state index in [4.69, 9.17) is 39.4 Å². The average Bonchev–Trinajstić information content (AvgIpc) is 2.91. The summed E-state index contributed by atoms with van der Waals surface area (Å²) in [7, 11) is 1.28. The molecule has 1 aromatic heterocycles. The van der Waals surface area contributed by atoms with E-state index in [2.05, 4.69) is 43.7 Å². The van der Waals surface area contributed by atoms with Gasteiger partial charge in [0.2, 0.25) is 0 Å².